The summed E-state index contributed by atoms with van der Waals surface area (Å²) in [5, 5.41) is 0. The van der Waals surface area contributed by atoms with Crippen molar-refractivity contribution in [3.63, 3.8) is 0 Å². The molecular formula is C15H18N2O2. The minimum atomic E-state index is 0.596. The SMILES string of the molecule is COc1cc(C)ccc1Oc1cncc(CCN)c1. The molecule has 0 atom stereocenters. The fourth-order valence-corrected chi connectivity index (χ4v) is 1.81. The van der Waals surface area contributed by atoms with Crippen LogP contribution < -0.4 is 15.2 Å². The Hall–Kier alpha value is -2.07. The third kappa shape index (κ3) is 3.45. The molecule has 1 heterocycles. The lowest BCUT2D eigenvalue weighted by Crippen LogP contribution is -2.03. The summed E-state index contributed by atoms with van der Waals surface area (Å²) in [6, 6.07) is 7.75. The molecule has 4 heteroatoms. The number of ether oxygens (including phenoxy) is 2. The van der Waals surface area contributed by atoms with Gasteiger partial charge in [0.15, 0.2) is 11.5 Å². The Morgan fingerprint density at radius 1 is 1.16 bits per heavy atom. The van der Waals surface area contributed by atoms with E-state index in [1.807, 2.05) is 31.2 Å². The quantitative estimate of drug-likeness (QED) is 0.895. The highest BCUT2D eigenvalue weighted by atomic mass is 16.5. The van der Waals surface area contributed by atoms with Crippen LogP contribution in [-0.4, -0.2) is 18.6 Å². The number of pyridine rings is 1. The van der Waals surface area contributed by atoms with Gasteiger partial charge in [-0.1, -0.05) is 6.07 Å². The van der Waals surface area contributed by atoms with Crippen molar-refractivity contribution >= 4 is 0 Å². The average Bonchev–Trinajstić information content (AvgIpc) is 2.41. The van der Waals surface area contributed by atoms with E-state index in [4.69, 9.17) is 15.2 Å². The van der Waals surface area contributed by atoms with Crippen molar-refractivity contribution in [2.45, 2.75) is 13.3 Å². The van der Waals surface area contributed by atoms with Crippen molar-refractivity contribution in [2.24, 2.45) is 5.73 Å². The van der Waals surface area contributed by atoms with Crippen molar-refractivity contribution in [3.05, 3.63) is 47.8 Å². The van der Waals surface area contributed by atoms with E-state index >= 15 is 0 Å². The van der Waals surface area contributed by atoms with Crippen LogP contribution in [0.15, 0.2) is 36.7 Å². The van der Waals surface area contributed by atoms with Crippen molar-refractivity contribution in [1.82, 2.24) is 4.98 Å². The highest BCUT2D eigenvalue weighted by Gasteiger charge is 2.06. The van der Waals surface area contributed by atoms with Crippen molar-refractivity contribution in [1.29, 1.82) is 0 Å². The number of hydrogen-bond acceptors (Lipinski definition) is 4. The molecule has 0 bridgehead atoms. The standard InChI is InChI=1S/C15H18N2O2/c1-11-3-4-14(15(7-11)18-2)19-13-8-12(5-6-16)9-17-10-13/h3-4,7-10H,5-6,16H2,1-2H3. The molecule has 1 aromatic heterocycles. The summed E-state index contributed by atoms with van der Waals surface area (Å²) in [5.41, 5.74) is 7.72. The fourth-order valence-electron chi connectivity index (χ4n) is 1.81. The molecule has 2 N–H and O–H groups in total. The van der Waals surface area contributed by atoms with Gasteiger partial charge in [0.05, 0.1) is 13.3 Å². The van der Waals surface area contributed by atoms with E-state index in [2.05, 4.69) is 4.98 Å². The van der Waals surface area contributed by atoms with Gasteiger partial charge in [-0.05, 0) is 49.2 Å². The van der Waals surface area contributed by atoms with Gasteiger partial charge in [-0.3, -0.25) is 4.98 Å². The third-order valence-electron chi connectivity index (χ3n) is 2.75. The van der Waals surface area contributed by atoms with E-state index in [0.717, 1.165) is 17.5 Å². The molecule has 0 saturated heterocycles. The highest BCUT2D eigenvalue weighted by molar-refractivity contribution is 5.45. The monoisotopic (exact) mass is 258 g/mol. The van der Waals surface area contributed by atoms with E-state index in [9.17, 15) is 0 Å². The Labute approximate surface area is 113 Å². The number of rotatable bonds is 5. The number of nitrogens with zero attached hydrogens (tertiary/aromatic N) is 1. The average molecular weight is 258 g/mol. The Bertz CT molecular complexity index is 556. The molecule has 1 aromatic carbocycles. The van der Waals surface area contributed by atoms with E-state index in [0.29, 0.717) is 23.8 Å². The van der Waals surface area contributed by atoms with Crippen LogP contribution in [0, 0.1) is 6.92 Å². The predicted octanol–water partition coefficient (Wildman–Crippen LogP) is 2.69. The molecule has 100 valence electrons. The highest BCUT2D eigenvalue weighted by Crippen LogP contribution is 2.32. The minimum Gasteiger partial charge on any atom is -0.493 e. The van der Waals surface area contributed by atoms with Crippen LogP contribution in [0.4, 0.5) is 0 Å². The Morgan fingerprint density at radius 2 is 2.00 bits per heavy atom. The molecule has 0 fully saturated rings. The molecule has 4 nitrogen and oxygen atoms in total. The van der Waals surface area contributed by atoms with Crippen LogP contribution in [0.3, 0.4) is 0 Å². The molecular weight excluding hydrogens is 240 g/mol. The van der Waals surface area contributed by atoms with E-state index in [1.165, 1.54) is 0 Å². The molecule has 0 saturated carbocycles. The second-order valence-electron chi connectivity index (χ2n) is 4.32. The number of benzene rings is 1. The second-order valence-corrected chi connectivity index (χ2v) is 4.32. The Morgan fingerprint density at radius 3 is 2.74 bits per heavy atom. The number of aromatic nitrogens is 1. The van der Waals surface area contributed by atoms with Gasteiger partial charge >= 0.3 is 0 Å². The van der Waals surface area contributed by atoms with Gasteiger partial charge < -0.3 is 15.2 Å². The van der Waals surface area contributed by atoms with Crippen LogP contribution in [0.2, 0.25) is 0 Å². The van der Waals surface area contributed by atoms with Gasteiger partial charge in [-0.15, -0.1) is 0 Å². The number of nitrogens with two attached hydrogens (primary N) is 1. The van der Waals surface area contributed by atoms with Gasteiger partial charge in [-0.2, -0.15) is 0 Å². The summed E-state index contributed by atoms with van der Waals surface area (Å²) in [5.74, 6) is 2.08. The first-order valence-corrected chi connectivity index (χ1v) is 6.19. The zero-order valence-corrected chi connectivity index (χ0v) is 11.2. The summed E-state index contributed by atoms with van der Waals surface area (Å²) in [6.07, 6.45) is 4.26. The van der Waals surface area contributed by atoms with E-state index in [-0.39, 0.29) is 0 Å². The summed E-state index contributed by atoms with van der Waals surface area (Å²) < 4.78 is 11.1. The van der Waals surface area contributed by atoms with Gasteiger partial charge in [0.2, 0.25) is 0 Å². The predicted molar refractivity (Wildman–Crippen MR) is 74.8 cm³/mol. The van der Waals surface area contributed by atoms with E-state index < -0.39 is 0 Å². The smallest absolute Gasteiger partial charge is 0.169 e. The lowest BCUT2D eigenvalue weighted by atomic mass is 10.2. The number of methoxy groups -OCH3 is 1. The lowest BCUT2D eigenvalue weighted by Gasteiger charge is -2.11. The van der Waals surface area contributed by atoms with Gasteiger partial charge in [0.1, 0.15) is 5.75 Å². The summed E-state index contributed by atoms with van der Waals surface area (Å²) >= 11 is 0. The zero-order chi connectivity index (χ0) is 13.7. The first-order chi connectivity index (χ1) is 9.22. The topological polar surface area (TPSA) is 57.4 Å². The lowest BCUT2D eigenvalue weighted by molar-refractivity contribution is 0.378. The molecule has 0 unspecified atom stereocenters. The molecule has 0 amide bonds. The zero-order valence-electron chi connectivity index (χ0n) is 11.2. The van der Waals surface area contributed by atoms with Crippen LogP contribution in [0.25, 0.3) is 0 Å². The van der Waals surface area contributed by atoms with Crippen LogP contribution in [0.1, 0.15) is 11.1 Å². The first kappa shape index (κ1) is 13.4. The van der Waals surface area contributed by atoms with Gasteiger partial charge in [0, 0.05) is 6.20 Å². The van der Waals surface area contributed by atoms with Crippen molar-refractivity contribution < 1.29 is 9.47 Å². The normalized spacial score (nSPS) is 10.3. The molecule has 0 aliphatic carbocycles. The molecule has 0 aliphatic heterocycles. The summed E-state index contributed by atoms with van der Waals surface area (Å²) in [7, 11) is 1.63. The minimum absolute atomic E-state index is 0.596. The van der Waals surface area contributed by atoms with Crippen LogP contribution >= 0.6 is 0 Å². The fraction of sp³-hybridized carbons (Fsp3) is 0.267. The third-order valence-corrected chi connectivity index (χ3v) is 2.75. The Kier molecular flexibility index (Phi) is 4.36. The largest absolute Gasteiger partial charge is 0.493 e. The summed E-state index contributed by atoms with van der Waals surface area (Å²) in [4.78, 5) is 4.15. The van der Waals surface area contributed by atoms with Crippen molar-refractivity contribution in [3.8, 4) is 17.2 Å². The first-order valence-electron chi connectivity index (χ1n) is 6.19. The number of hydrogen-bond donors (Lipinski definition) is 1. The molecule has 2 aromatic rings. The van der Waals surface area contributed by atoms with Gasteiger partial charge in [0.25, 0.3) is 0 Å². The van der Waals surface area contributed by atoms with Crippen LogP contribution in [0.5, 0.6) is 17.2 Å². The number of aryl methyl sites for hydroxylation is 1. The summed E-state index contributed by atoms with van der Waals surface area (Å²) in [6.45, 7) is 2.61. The second kappa shape index (κ2) is 6.20. The Balaban J connectivity index is 2.23. The maximum atomic E-state index is 5.81. The maximum absolute atomic E-state index is 5.81. The van der Waals surface area contributed by atoms with Gasteiger partial charge in [-0.25, -0.2) is 0 Å². The maximum Gasteiger partial charge on any atom is 0.169 e. The molecule has 0 spiro atoms. The van der Waals surface area contributed by atoms with Crippen molar-refractivity contribution in [2.75, 3.05) is 13.7 Å². The molecule has 19 heavy (non-hydrogen) atoms. The molecule has 0 aliphatic rings. The molecule has 0 radical (unpaired) electrons. The van der Waals surface area contributed by atoms with E-state index in [1.54, 1.807) is 19.5 Å². The van der Waals surface area contributed by atoms with Crippen LogP contribution in [-0.2, 0) is 6.42 Å². The molecule has 2 rings (SSSR count).